The second-order valence-electron chi connectivity index (χ2n) is 6.21. The fourth-order valence-electron chi connectivity index (χ4n) is 3.38. The number of rotatable bonds is 5. The lowest BCUT2D eigenvalue weighted by Crippen LogP contribution is -2.19. The van der Waals surface area contributed by atoms with Gasteiger partial charge in [0.25, 0.3) is 0 Å². The lowest BCUT2D eigenvalue weighted by molar-refractivity contribution is -0.134. The van der Waals surface area contributed by atoms with Crippen molar-refractivity contribution in [3.05, 3.63) is 41.6 Å². The summed E-state index contributed by atoms with van der Waals surface area (Å²) in [6, 6.07) is 6.39. The van der Waals surface area contributed by atoms with E-state index in [0.717, 1.165) is 18.2 Å². The minimum atomic E-state index is -1.26. The van der Waals surface area contributed by atoms with Crippen LogP contribution in [0.1, 0.15) is 11.3 Å². The maximum Gasteiger partial charge on any atom is 0.328 e. The summed E-state index contributed by atoms with van der Waals surface area (Å²) in [5.41, 5.74) is 4.34. The molecule has 1 aliphatic rings. The van der Waals surface area contributed by atoms with Crippen molar-refractivity contribution in [1.29, 1.82) is 0 Å². The Kier molecular flexibility index (Phi) is 6.41. The zero-order valence-corrected chi connectivity index (χ0v) is 15.2. The monoisotopic (exact) mass is 360 g/mol. The summed E-state index contributed by atoms with van der Waals surface area (Å²) in [6.07, 6.45) is 3.48. The fraction of sp³-hybridized carbons (Fsp3) is 0.368. The number of carboxylic acids is 2. The van der Waals surface area contributed by atoms with E-state index in [1.165, 1.54) is 35.0 Å². The molecule has 0 bridgehead atoms. The first-order valence-corrected chi connectivity index (χ1v) is 8.30. The van der Waals surface area contributed by atoms with Gasteiger partial charge in [0.1, 0.15) is 5.75 Å². The molecule has 7 heteroatoms. The molecule has 1 unspecified atom stereocenters. The summed E-state index contributed by atoms with van der Waals surface area (Å²) >= 11 is 0. The number of fused-ring (bicyclic) bond motifs is 3. The Bertz CT molecular complexity index is 822. The third-order valence-electron chi connectivity index (χ3n) is 4.48. The number of ether oxygens (including phenoxy) is 1. The Hall–Kier alpha value is -2.80. The Balaban J connectivity index is 0.000000260. The number of aryl methyl sites for hydroxylation is 1. The van der Waals surface area contributed by atoms with Crippen molar-refractivity contribution in [2.75, 3.05) is 20.7 Å². The van der Waals surface area contributed by atoms with Crippen molar-refractivity contribution >= 4 is 22.8 Å². The second kappa shape index (κ2) is 8.53. The number of aromatic nitrogens is 1. The van der Waals surface area contributed by atoms with E-state index >= 15 is 0 Å². The van der Waals surface area contributed by atoms with Crippen LogP contribution in [-0.4, -0.2) is 47.4 Å². The van der Waals surface area contributed by atoms with Crippen LogP contribution < -0.4 is 10.1 Å². The number of benzene rings is 1. The van der Waals surface area contributed by atoms with Gasteiger partial charge in [-0.05, 0) is 56.1 Å². The predicted molar refractivity (Wildman–Crippen MR) is 98.7 cm³/mol. The van der Waals surface area contributed by atoms with Crippen LogP contribution in [0.15, 0.2) is 30.4 Å². The number of aliphatic carboxylic acids is 2. The van der Waals surface area contributed by atoms with Gasteiger partial charge in [-0.1, -0.05) is 0 Å². The average Bonchev–Trinajstić information content (AvgIpc) is 3.13. The van der Waals surface area contributed by atoms with E-state index in [1.54, 1.807) is 7.11 Å². The molecule has 0 fully saturated rings. The van der Waals surface area contributed by atoms with Gasteiger partial charge in [-0.2, -0.15) is 0 Å². The van der Waals surface area contributed by atoms with Gasteiger partial charge in [-0.3, -0.25) is 0 Å². The summed E-state index contributed by atoms with van der Waals surface area (Å²) in [4.78, 5) is 19.1. The molecule has 1 heterocycles. The molecular weight excluding hydrogens is 336 g/mol. The highest BCUT2D eigenvalue weighted by Crippen LogP contribution is 2.36. The Morgan fingerprint density at radius 2 is 1.92 bits per heavy atom. The summed E-state index contributed by atoms with van der Waals surface area (Å²) in [7, 11) is 5.94. The summed E-state index contributed by atoms with van der Waals surface area (Å²) in [5, 5.41) is 20.3. The molecular formula is C19H24N2O5. The van der Waals surface area contributed by atoms with Crippen molar-refractivity contribution in [3.63, 3.8) is 0 Å². The number of hydrogen-bond donors (Lipinski definition) is 3. The van der Waals surface area contributed by atoms with E-state index in [4.69, 9.17) is 14.9 Å². The maximum atomic E-state index is 9.55. The molecule has 0 saturated heterocycles. The lowest BCUT2D eigenvalue weighted by atomic mass is 10.0. The summed E-state index contributed by atoms with van der Waals surface area (Å²) < 4.78 is 7.69. The molecule has 1 aliphatic carbocycles. The minimum absolute atomic E-state index is 0.558. The first kappa shape index (κ1) is 19.5. The van der Waals surface area contributed by atoms with Gasteiger partial charge < -0.3 is 24.8 Å². The number of carboxylic acid groups (broad SMARTS) is 2. The highest BCUT2D eigenvalue weighted by Gasteiger charge is 2.26. The molecule has 0 amide bonds. The topological polar surface area (TPSA) is 101 Å². The van der Waals surface area contributed by atoms with E-state index in [-0.39, 0.29) is 0 Å². The number of carbonyl (C=O) groups is 2. The average molecular weight is 360 g/mol. The van der Waals surface area contributed by atoms with E-state index < -0.39 is 11.9 Å². The minimum Gasteiger partial charge on any atom is -0.497 e. The van der Waals surface area contributed by atoms with E-state index in [2.05, 4.69) is 29.1 Å². The molecule has 1 aromatic carbocycles. The van der Waals surface area contributed by atoms with Crippen LogP contribution in [0.2, 0.25) is 0 Å². The van der Waals surface area contributed by atoms with Crippen molar-refractivity contribution < 1.29 is 24.5 Å². The first-order chi connectivity index (χ1) is 12.4. The van der Waals surface area contributed by atoms with Gasteiger partial charge >= 0.3 is 11.9 Å². The molecule has 7 nitrogen and oxygen atoms in total. The third-order valence-corrected chi connectivity index (χ3v) is 4.48. The van der Waals surface area contributed by atoms with Crippen molar-refractivity contribution in [1.82, 2.24) is 9.88 Å². The number of nitrogens with zero attached hydrogens (tertiary/aromatic N) is 1. The van der Waals surface area contributed by atoms with Gasteiger partial charge in [0.2, 0.25) is 0 Å². The van der Waals surface area contributed by atoms with Crippen LogP contribution in [0.4, 0.5) is 0 Å². The van der Waals surface area contributed by atoms with Crippen LogP contribution >= 0.6 is 0 Å². The highest BCUT2D eigenvalue weighted by molar-refractivity contribution is 5.89. The molecule has 0 saturated carbocycles. The molecule has 140 valence electrons. The van der Waals surface area contributed by atoms with E-state index in [9.17, 15) is 9.59 Å². The molecule has 26 heavy (non-hydrogen) atoms. The number of nitrogens with one attached hydrogen (secondary N) is 1. The third kappa shape index (κ3) is 4.43. The first-order valence-electron chi connectivity index (χ1n) is 8.30. The normalized spacial score (nSPS) is 15.6. The second-order valence-corrected chi connectivity index (χ2v) is 6.21. The zero-order valence-electron chi connectivity index (χ0n) is 15.2. The summed E-state index contributed by atoms with van der Waals surface area (Å²) in [6.45, 7) is 1.10. The van der Waals surface area contributed by atoms with E-state index in [1.807, 2.05) is 13.1 Å². The molecule has 3 N–H and O–H groups in total. The predicted octanol–water partition coefficient (Wildman–Crippen LogP) is 1.83. The van der Waals surface area contributed by atoms with Crippen LogP contribution in [0.5, 0.6) is 5.75 Å². The van der Waals surface area contributed by atoms with Gasteiger partial charge in [0.05, 0.1) is 7.11 Å². The lowest BCUT2D eigenvalue weighted by Gasteiger charge is -2.09. The summed E-state index contributed by atoms with van der Waals surface area (Å²) in [5.74, 6) is -0.824. The molecule has 0 radical (unpaired) electrons. The highest BCUT2D eigenvalue weighted by atomic mass is 16.5. The molecule has 0 spiro atoms. The van der Waals surface area contributed by atoms with Gasteiger partial charge in [0, 0.05) is 35.8 Å². The Morgan fingerprint density at radius 3 is 2.46 bits per heavy atom. The van der Waals surface area contributed by atoms with Crippen LogP contribution in [-0.2, 0) is 29.5 Å². The maximum absolute atomic E-state index is 9.55. The smallest absolute Gasteiger partial charge is 0.328 e. The molecule has 0 aliphatic heterocycles. The number of hydrogen-bond acceptors (Lipinski definition) is 4. The largest absolute Gasteiger partial charge is 0.497 e. The van der Waals surface area contributed by atoms with Gasteiger partial charge in [-0.15, -0.1) is 0 Å². The molecule has 2 aromatic rings. The Morgan fingerprint density at radius 1 is 1.27 bits per heavy atom. The molecule has 3 rings (SSSR count). The van der Waals surface area contributed by atoms with Gasteiger partial charge in [-0.25, -0.2) is 9.59 Å². The standard InChI is InChI=1S/C15H20N2O.C4H4O4/c1-16-9-10-6-12-13-8-11(18-3)4-5-14(13)17(2)15(12)7-10;5-3(6)1-2-4(7)8/h4-5,8,10,16H,6-7,9H2,1-3H3;1-2H,(H,5,6)(H,7,8). The zero-order chi connectivity index (χ0) is 19.3. The van der Waals surface area contributed by atoms with Crippen molar-refractivity contribution in [2.24, 2.45) is 13.0 Å². The number of methoxy groups -OCH3 is 1. The van der Waals surface area contributed by atoms with Crippen LogP contribution in [0, 0.1) is 5.92 Å². The van der Waals surface area contributed by atoms with Crippen molar-refractivity contribution in [3.8, 4) is 5.75 Å². The van der Waals surface area contributed by atoms with Crippen LogP contribution in [0.25, 0.3) is 10.9 Å². The quantitative estimate of drug-likeness (QED) is 0.704. The SMILES string of the molecule is CNCC1Cc2c(n(C)c3ccc(OC)cc23)C1.O=C(O)C=CC(=O)O. The Labute approximate surface area is 151 Å². The van der Waals surface area contributed by atoms with Gasteiger partial charge in [0.15, 0.2) is 0 Å². The molecule has 1 aromatic heterocycles. The molecule has 1 atom stereocenters. The fourth-order valence-corrected chi connectivity index (χ4v) is 3.38. The van der Waals surface area contributed by atoms with E-state index in [0.29, 0.717) is 12.2 Å². The van der Waals surface area contributed by atoms with Crippen LogP contribution in [0.3, 0.4) is 0 Å². The van der Waals surface area contributed by atoms with Crippen molar-refractivity contribution in [2.45, 2.75) is 12.8 Å².